The molecule has 1 aliphatic carbocycles. The number of rotatable bonds is 6. The highest BCUT2D eigenvalue weighted by Crippen LogP contribution is 2.35. The fourth-order valence-electron chi connectivity index (χ4n) is 2.56. The van der Waals surface area contributed by atoms with Crippen molar-refractivity contribution in [3.05, 3.63) is 64.8 Å². The van der Waals surface area contributed by atoms with Gasteiger partial charge in [0.15, 0.2) is 0 Å². The van der Waals surface area contributed by atoms with Crippen molar-refractivity contribution in [2.75, 3.05) is 0 Å². The number of nitrogens with two attached hydrogens (primary N) is 2. The molecule has 0 saturated heterocycles. The molecule has 1 aliphatic rings. The minimum atomic E-state index is -1.31. The second-order valence-electron chi connectivity index (χ2n) is 5.37. The summed E-state index contributed by atoms with van der Waals surface area (Å²) in [6, 6.07) is 5.46. The number of carboxylic acid groups (broad SMARTS) is 2. The Morgan fingerprint density at radius 3 is 2.63 bits per heavy atom. The monoisotopic (exact) mass is 368 g/mol. The minimum absolute atomic E-state index is 0.00289. The molecule has 0 bridgehead atoms. The SMILES string of the molecule is NNC=Nc1cccc(C2=CC(C(=O)O)=C(C=CC(=O)O)C(N)C2=C=O)c1. The summed E-state index contributed by atoms with van der Waals surface area (Å²) in [5, 5.41) is 18.3. The number of carboxylic acids is 2. The number of carbonyl (C=O) groups excluding carboxylic acids is 1. The van der Waals surface area contributed by atoms with Crippen molar-refractivity contribution in [3.63, 3.8) is 0 Å². The lowest BCUT2D eigenvalue weighted by molar-refractivity contribution is -0.133. The Bertz CT molecular complexity index is 952. The summed E-state index contributed by atoms with van der Waals surface area (Å²) in [6.45, 7) is 0. The molecule has 0 amide bonds. The number of hydrogen-bond donors (Lipinski definition) is 5. The molecule has 1 unspecified atom stereocenters. The van der Waals surface area contributed by atoms with Crippen LogP contribution in [0.3, 0.4) is 0 Å². The molecule has 9 nitrogen and oxygen atoms in total. The Morgan fingerprint density at radius 1 is 1.30 bits per heavy atom. The lowest BCUT2D eigenvalue weighted by atomic mass is 9.81. The van der Waals surface area contributed by atoms with Crippen LogP contribution in [0.1, 0.15) is 5.56 Å². The van der Waals surface area contributed by atoms with Gasteiger partial charge in [0.2, 0.25) is 0 Å². The lowest BCUT2D eigenvalue weighted by Gasteiger charge is -2.24. The molecule has 0 fully saturated rings. The molecule has 0 spiro atoms. The van der Waals surface area contributed by atoms with E-state index < -0.39 is 18.0 Å². The van der Waals surface area contributed by atoms with E-state index in [2.05, 4.69) is 10.4 Å². The molecule has 0 aliphatic heterocycles. The highest BCUT2D eigenvalue weighted by molar-refractivity contribution is 6.02. The van der Waals surface area contributed by atoms with E-state index in [9.17, 15) is 19.5 Å². The van der Waals surface area contributed by atoms with Crippen LogP contribution in [0.15, 0.2) is 64.2 Å². The van der Waals surface area contributed by atoms with E-state index in [-0.39, 0.29) is 22.3 Å². The van der Waals surface area contributed by atoms with Gasteiger partial charge < -0.3 is 21.4 Å². The lowest BCUT2D eigenvalue weighted by Crippen LogP contribution is -2.30. The van der Waals surface area contributed by atoms with Crippen LogP contribution in [0.4, 0.5) is 5.69 Å². The summed E-state index contributed by atoms with van der Waals surface area (Å²) in [4.78, 5) is 38.0. The molecular weight excluding hydrogens is 352 g/mol. The average Bonchev–Trinajstić information content (AvgIpc) is 2.64. The maximum Gasteiger partial charge on any atom is 0.336 e. The first-order valence-electron chi connectivity index (χ1n) is 7.59. The van der Waals surface area contributed by atoms with Crippen LogP contribution in [0.5, 0.6) is 0 Å². The first-order chi connectivity index (χ1) is 12.9. The fraction of sp³-hybridized carbons (Fsp3) is 0.0556. The Hall–Kier alpha value is -3.78. The van der Waals surface area contributed by atoms with Crippen molar-refractivity contribution in [1.29, 1.82) is 0 Å². The average molecular weight is 368 g/mol. The minimum Gasteiger partial charge on any atom is -0.478 e. The third-order valence-electron chi connectivity index (χ3n) is 3.73. The summed E-state index contributed by atoms with van der Waals surface area (Å²) in [7, 11) is 0. The van der Waals surface area contributed by atoms with Crippen molar-refractivity contribution in [2.45, 2.75) is 6.04 Å². The molecule has 0 heterocycles. The van der Waals surface area contributed by atoms with Crippen LogP contribution in [0, 0.1) is 0 Å². The van der Waals surface area contributed by atoms with Crippen molar-refractivity contribution in [3.8, 4) is 0 Å². The van der Waals surface area contributed by atoms with E-state index in [1.165, 1.54) is 12.4 Å². The van der Waals surface area contributed by atoms with Gasteiger partial charge in [-0.1, -0.05) is 12.1 Å². The summed E-state index contributed by atoms with van der Waals surface area (Å²) >= 11 is 0. The van der Waals surface area contributed by atoms with Gasteiger partial charge in [0, 0.05) is 6.08 Å². The van der Waals surface area contributed by atoms with Gasteiger partial charge in [0.1, 0.15) is 12.3 Å². The molecule has 0 saturated carbocycles. The topological polar surface area (TPSA) is 168 Å². The van der Waals surface area contributed by atoms with Gasteiger partial charge >= 0.3 is 11.9 Å². The van der Waals surface area contributed by atoms with Crippen LogP contribution in [-0.4, -0.2) is 40.5 Å². The van der Waals surface area contributed by atoms with Crippen LogP contribution >= 0.6 is 0 Å². The highest BCUT2D eigenvalue weighted by atomic mass is 16.4. The summed E-state index contributed by atoms with van der Waals surface area (Å²) < 4.78 is 0. The van der Waals surface area contributed by atoms with Crippen LogP contribution in [0.2, 0.25) is 0 Å². The van der Waals surface area contributed by atoms with Gasteiger partial charge in [-0.25, -0.2) is 25.2 Å². The number of hydrogen-bond acceptors (Lipinski definition) is 6. The van der Waals surface area contributed by atoms with E-state index in [1.54, 1.807) is 30.2 Å². The second-order valence-corrected chi connectivity index (χ2v) is 5.37. The normalized spacial score (nSPS) is 17.2. The van der Waals surface area contributed by atoms with Gasteiger partial charge in [0.05, 0.1) is 22.9 Å². The van der Waals surface area contributed by atoms with E-state index in [4.69, 9.17) is 16.7 Å². The molecule has 138 valence electrons. The number of benzene rings is 1. The van der Waals surface area contributed by atoms with Gasteiger partial charge in [-0.3, -0.25) is 0 Å². The highest BCUT2D eigenvalue weighted by Gasteiger charge is 2.29. The zero-order valence-electron chi connectivity index (χ0n) is 13.9. The van der Waals surface area contributed by atoms with Gasteiger partial charge in [-0.05, 0) is 41.0 Å². The molecule has 0 aromatic heterocycles. The van der Waals surface area contributed by atoms with Gasteiger partial charge in [-0.15, -0.1) is 0 Å². The molecular formula is C18H16N4O5. The number of aliphatic imine (C=N–C) groups is 1. The summed E-state index contributed by atoms with van der Waals surface area (Å²) in [5.74, 6) is 4.29. The zero-order chi connectivity index (χ0) is 20.0. The molecule has 9 heteroatoms. The molecule has 1 aromatic rings. The second kappa shape index (κ2) is 8.54. The van der Waals surface area contributed by atoms with Crippen molar-refractivity contribution in [2.24, 2.45) is 16.6 Å². The number of nitrogens with zero attached hydrogens (tertiary/aromatic N) is 1. The number of aliphatic carboxylic acids is 2. The predicted octanol–water partition coefficient (Wildman–Crippen LogP) is 0.314. The molecule has 27 heavy (non-hydrogen) atoms. The Morgan fingerprint density at radius 2 is 2.04 bits per heavy atom. The Kier molecular flexibility index (Phi) is 6.18. The van der Waals surface area contributed by atoms with Crippen LogP contribution < -0.4 is 17.0 Å². The standard InChI is InChI=1S/C18H16N4O5/c19-17-12(4-5-16(24)25)14(18(26)27)7-13(15(17)8-23)10-2-1-3-11(6-10)21-9-22-20/h1-7,9,17H,19-20H2,(H,21,22)(H,24,25)(H,26,27). The largest absolute Gasteiger partial charge is 0.478 e. The van der Waals surface area contributed by atoms with E-state index in [0.29, 0.717) is 11.3 Å². The van der Waals surface area contributed by atoms with Gasteiger partial charge in [0.25, 0.3) is 0 Å². The van der Waals surface area contributed by atoms with Crippen LogP contribution in [-0.2, 0) is 14.4 Å². The van der Waals surface area contributed by atoms with Crippen molar-refractivity contribution in [1.82, 2.24) is 5.43 Å². The van der Waals surface area contributed by atoms with Crippen molar-refractivity contribution >= 4 is 35.5 Å². The van der Waals surface area contributed by atoms with Crippen molar-refractivity contribution < 1.29 is 24.6 Å². The predicted molar refractivity (Wildman–Crippen MR) is 98.5 cm³/mol. The van der Waals surface area contributed by atoms with Crippen LogP contribution in [0.25, 0.3) is 5.57 Å². The Balaban J connectivity index is 2.66. The summed E-state index contributed by atoms with van der Waals surface area (Å²) in [5.41, 5.74) is 9.33. The van der Waals surface area contributed by atoms with E-state index >= 15 is 0 Å². The molecule has 0 radical (unpaired) electrons. The number of carbonyl (C=O) groups is 2. The molecule has 7 N–H and O–H groups in total. The number of nitrogens with one attached hydrogen (secondary N) is 1. The Labute approximate surface area is 153 Å². The fourth-order valence-corrected chi connectivity index (χ4v) is 2.56. The number of hydrazine groups is 1. The zero-order valence-corrected chi connectivity index (χ0v) is 13.9. The quantitative estimate of drug-likeness (QED) is 0.119. The maximum absolute atomic E-state index is 11.6. The molecule has 2 rings (SSSR count). The van der Waals surface area contributed by atoms with E-state index in [0.717, 1.165) is 12.2 Å². The third-order valence-corrected chi connectivity index (χ3v) is 3.73. The molecule has 1 aromatic carbocycles. The maximum atomic E-state index is 11.6. The smallest absolute Gasteiger partial charge is 0.336 e. The van der Waals surface area contributed by atoms with E-state index in [1.807, 2.05) is 0 Å². The summed E-state index contributed by atoms with van der Waals surface area (Å²) in [6.07, 6.45) is 4.34. The van der Waals surface area contributed by atoms with Gasteiger partial charge in [-0.2, -0.15) is 0 Å². The third kappa shape index (κ3) is 4.44. The molecule has 1 atom stereocenters. The first kappa shape index (κ1) is 19.5. The first-order valence-corrected chi connectivity index (χ1v) is 7.59.